The molecule has 8 heteroatoms. The van der Waals surface area contributed by atoms with Crippen LogP contribution in [0.25, 0.3) is 22.3 Å². The number of H-pyrrole nitrogens is 1. The summed E-state index contributed by atoms with van der Waals surface area (Å²) >= 11 is 0. The lowest BCUT2D eigenvalue weighted by Crippen LogP contribution is -2.37. The summed E-state index contributed by atoms with van der Waals surface area (Å²) in [6, 6.07) is 11.5. The average Bonchev–Trinajstić information content (AvgIpc) is 3.27. The van der Waals surface area contributed by atoms with E-state index in [2.05, 4.69) is 14.9 Å². The first kappa shape index (κ1) is 20.7. The standard InChI is InChI=1S/C23H26N4O4/c1-14(28)26(2)17-9-10-27(13-17)16-7-5-15(6-8-16)22-24-19-11-18(30-3)12-20(31-4)21(19)23(29)25-22/h5-8,11-12,17H,9-10,13H2,1-4H3,(H,24,25,29). The Morgan fingerprint density at radius 3 is 2.58 bits per heavy atom. The van der Waals surface area contributed by atoms with Gasteiger partial charge >= 0.3 is 0 Å². The third-order valence-corrected chi connectivity index (χ3v) is 5.92. The summed E-state index contributed by atoms with van der Waals surface area (Å²) in [5.74, 6) is 1.56. The number of ether oxygens (including phenoxy) is 2. The number of benzene rings is 2. The van der Waals surface area contributed by atoms with Crippen LogP contribution in [0.15, 0.2) is 41.2 Å². The highest BCUT2D eigenvalue weighted by Gasteiger charge is 2.27. The van der Waals surface area contributed by atoms with E-state index in [-0.39, 0.29) is 17.5 Å². The number of aromatic amines is 1. The summed E-state index contributed by atoms with van der Waals surface area (Å²) < 4.78 is 10.6. The van der Waals surface area contributed by atoms with E-state index >= 15 is 0 Å². The number of carbonyl (C=O) groups is 1. The van der Waals surface area contributed by atoms with Crippen molar-refractivity contribution in [3.8, 4) is 22.9 Å². The molecule has 0 bridgehead atoms. The van der Waals surface area contributed by atoms with Crippen LogP contribution in [-0.4, -0.2) is 61.2 Å². The number of aromatic nitrogens is 2. The third-order valence-electron chi connectivity index (χ3n) is 5.92. The lowest BCUT2D eigenvalue weighted by atomic mass is 10.1. The Hall–Kier alpha value is -3.55. The molecule has 8 nitrogen and oxygen atoms in total. The number of fused-ring (bicyclic) bond motifs is 1. The highest BCUT2D eigenvalue weighted by Crippen LogP contribution is 2.30. The van der Waals surface area contributed by atoms with Gasteiger partial charge < -0.3 is 24.3 Å². The number of hydrogen-bond donors (Lipinski definition) is 1. The van der Waals surface area contributed by atoms with Gasteiger partial charge in [0.25, 0.3) is 5.56 Å². The fourth-order valence-corrected chi connectivity index (χ4v) is 4.01. The van der Waals surface area contributed by atoms with E-state index in [0.29, 0.717) is 28.2 Å². The van der Waals surface area contributed by atoms with Crippen LogP contribution in [0.3, 0.4) is 0 Å². The van der Waals surface area contributed by atoms with Crippen LogP contribution in [0.1, 0.15) is 13.3 Å². The number of nitrogens with zero attached hydrogens (tertiary/aromatic N) is 3. The molecule has 0 saturated carbocycles. The predicted molar refractivity (Wildman–Crippen MR) is 120 cm³/mol. The number of likely N-dealkylation sites (N-methyl/N-ethyl adjacent to an activating group) is 1. The van der Waals surface area contributed by atoms with Gasteiger partial charge in [0.05, 0.1) is 25.8 Å². The van der Waals surface area contributed by atoms with E-state index < -0.39 is 0 Å². The molecular formula is C23H26N4O4. The number of carbonyl (C=O) groups excluding carboxylic acids is 1. The van der Waals surface area contributed by atoms with E-state index in [1.165, 1.54) is 7.11 Å². The molecule has 1 aliphatic heterocycles. The molecule has 2 heterocycles. The molecule has 31 heavy (non-hydrogen) atoms. The lowest BCUT2D eigenvalue weighted by molar-refractivity contribution is -0.129. The van der Waals surface area contributed by atoms with Gasteiger partial charge in [-0.25, -0.2) is 4.98 Å². The molecule has 1 atom stereocenters. The second-order valence-corrected chi connectivity index (χ2v) is 7.70. The van der Waals surface area contributed by atoms with Crippen molar-refractivity contribution in [1.29, 1.82) is 0 Å². The number of rotatable bonds is 5. The predicted octanol–water partition coefficient (Wildman–Crippen LogP) is 2.66. The minimum atomic E-state index is -0.266. The largest absolute Gasteiger partial charge is 0.497 e. The zero-order valence-electron chi connectivity index (χ0n) is 18.1. The Labute approximate surface area is 180 Å². The molecule has 3 aromatic rings. The highest BCUT2D eigenvalue weighted by atomic mass is 16.5. The smallest absolute Gasteiger partial charge is 0.262 e. The van der Waals surface area contributed by atoms with Gasteiger partial charge in [0, 0.05) is 50.4 Å². The van der Waals surface area contributed by atoms with Gasteiger partial charge in [-0.05, 0) is 30.7 Å². The van der Waals surface area contributed by atoms with Gasteiger partial charge in [-0.3, -0.25) is 9.59 Å². The van der Waals surface area contributed by atoms with Crippen LogP contribution in [0.2, 0.25) is 0 Å². The van der Waals surface area contributed by atoms with Crippen molar-refractivity contribution in [1.82, 2.24) is 14.9 Å². The monoisotopic (exact) mass is 422 g/mol. The second kappa shape index (κ2) is 8.29. The molecule has 1 aliphatic rings. The quantitative estimate of drug-likeness (QED) is 0.680. The van der Waals surface area contributed by atoms with Gasteiger partial charge in [0.15, 0.2) is 0 Å². The molecule has 1 unspecified atom stereocenters. The maximum Gasteiger partial charge on any atom is 0.262 e. The van der Waals surface area contributed by atoms with Crippen LogP contribution < -0.4 is 19.9 Å². The Morgan fingerprint density at radius 1 is 1.19 bits per heavy atom. The molecule has 1 aromatic heterocycles. The molecule has 162 valence electrons. The van der Waals surface area contributed by atoms with E-state index in [1.54, 1.807) is 31.1 Å². The van der Waals surface area contributed by atoms with E-state index in [1.807, 2.05) is 31.3 Å². The van der Waals surface area contributed by atoms with Crippen LogP contribution in [0.4, 0.5) is 5.69 Å². The minimum absolute atomic E-state index is 0.0850. The molecule has 1 amide bonds. The van der Waals surface area contributed by atoms with Gasteiger partial charge in [0.1, 0.15) is 22.7 Å². The van der Waals surface area contributed by atoms with Crippen molar-refractivity contribution in [2.45, 2.75) is 19.4 Å². The van der Waals surface area contributed by atoms with Gasteiger partial charge in [-0.1, -0.05) is 0 Å². The normalized spacial score (nSPS) is 15.9. The maximum atomic E-state index is 12.7. The Morgan fingerprint density at radius 2 is 1.94 bits per heavy atom. The van der Waals surface area contributed by atoms with Gasteiger partial charge in [-0.15, -0.1) is 0 Å². The van der Waals surface area contributed by atoms with Crippen molar-refractivity contribution >= 4 is 22.5 Å². The number of anilines is 1. The van der Waals surface area contributed by atoms with E-state index in [9.17, 15) is 9.59 Å². The lowest BCUT2D eigenvalue weighted by Gasteiger charge is -2.24. The summed E-state index contributed by atoms with van der Waals surface area (Å²) in [5.41, 5.74) is 2.13. The van der Waals surface area contributed by atoms with Crippen LogP contribution >= 0.6 is 0 Å². The summed E-state index contributed by atoms with van der Waals surface area (Å²) in [5, 5.41) is 0.390. The topological polar surface area (TPSA) is 87.8 Å². The first-order valence-corrected chi connectivity index (χ1v) is 10.2. The van der Waals surface area contributed by atoms with Crippen molar-refractivity contribution in [2.75, 3.05) is 39.3 Å². The molecule has 1 N–H and O–H groups in total. The Bertz CT molecular complexity index is 1170. The minimum Gasteiger partial charge on any atom is -0.497 e. The Kier molecular flexibility index (Phi) is 5.54. The van der Waals surface area contributed by atoms with Crippen molar-refractivity contribution in [3.05, 3.63) is 46.8 Å². The van der Waals surface area contributed by atoms with E-state index in [0.717, 1.165) is 30.8 Å². The van der Waals surface area contributed by atoms with Crippen LogP contribution in [0.5, 0.6) is 11.5 Å². The van der Waals surface area contributed by atoms with Crippen molar-refractivity contribution in [2.24, 2.45) is 0 Å². The summed E-state index contributed by atoms with van der Waals surface area (Å²) in [4.78, 5) is 35.9. The second-order valence-electron chi connectivity index (χ2n) is 7.70. The van der Waals surface area contributed by atoms with Gasteiger partial charge in [0.2, 0.25) is 5.91 Å². The van der Waals surface area contributed by atoms with Crippen molar-refractivity contribution < 1.29 is 14.3 Å². The molecule has 2 aromatic carbocycles. The Balaban J connectivity index is 1.62. The number of nitrogens with one attached hydrogen (secondary N) is 1. The molecule has 0 spiro atoms. The molecular weight excluding hydrogens is 396 g/mol. The fraction of sp³-hybridized carbons (Fsp3) is 0.348. The third kappa shape index (κ3) is 3.93. The number of amides is 1. The summed E-state index contributed by atoms with van der Waals surface area (Å²) in [7, 11) is 4.92. The fourth-order valence-electron chi connectivity index (χ4n) is 4.01. The number of hydrogen-bond acceptors (Lipinski definition) is 6. The van der Waals surface area contributed by atoms with E-state index in [4.69, 9.17) is 9.47 Å². The first-order chi connectivity index (χ1) is 14.9. The molecule has 0 aliphatic carbocycles. The summed E-state index contributed by atoms with van der Waals surface area (Å²) in [6.45, 7) is 3.30. The first-order valence-electron chi connectivity index (χ1n) is 10.2. The average molecular weight is 422 g/mol. The molecule has 4 rings (SSSR count). The van der Waals surface area contributed by atoms with Crippen LogP contribution in [-0.2, 0) is 4.79 Å². The molecule has 1 fully saturated rings. The number of methoxy groups -OCH3 is 2. The van der Waals surface area contributed by atoms with Crippen LogP contribution in [0, 0.1) is 0 Å². The summed E-state index contributed by atoms with van der Waals surface area (Å²) in [6.07, 6.45) is 0.945. The van der Waals surface area contributed by atoms with Gasteiger partial charge in [-0.2, -0.15) is 0 Å². The zero-order chi connectivity index (χ0) is 22.1. The SMILES string of the molecule is COc1cc(OC)c2c(=O)[nH]c(-c3ccc(N4CCC(N(C)C(C)=O)C4)cc3)nc2c1. The molecule has 1 saturated heterocycles. The zero-order valence-corrected chi connectivity index (χ0v) is 18.1. The van der Waals surface area contributed by atoms with Crippen molar-refractivity contribution in [3.63, 3.8) is 0 Å². The highest BCUT2D eigenvalue weighted by molar-refractivity contribution is 5.87. The molecule has 0 radical (unpaired) electrons. The maximum absolute atomic E-state index is 12.7.